The van der Waals surface area contributed by atoms with Gasteiger partial charge in [-0.15, -0.1) is 5.10 Å². The molecule has 2 aromatic rings. The predicted molar refractivity (Wildman–Crippen MR) is 92.8 cm³/mol. The van der Waals surface area contributed by atoms with Crippen molar-refractivity contribution in [1.82, 2.24) is 20.3 Å². The number of hydrogen-bond donors (Lipinski definition) is 1. The van der Waals surface area contributed by atoms with E-state index in [0.717, 1.165) is 28.7 Å². The monoisotopic (exact) mass is 376 g/mol. The van der Waals surface area contributed by atoms with Crippen LogP contribution in [0.15, 0.2) is 28.7 Å². The predicted octanol–water partition coefficient (Wildman–Crippen LogP) is 3.79. The molecule has 0 atom stereocenters. The van der Waals surface area contributed by atoms with Crippen molar-refractivity contribution in [2.45, 2.75) is 51.5 Å². The summed E-state index contributed by atoms with van der Waals surface area (Å²) in [5.41, 5.74) is 2.07. The maximum Gasteiger partial charge on any atom is 0.273 e. The highest BCUT2D eigenvalue weighted by Gasteiger charge is 2.21. The maximum absolute atomic E-state index is 12.5. The second-order valence-electron chi connectivity index (χ2n) is 6.07. The molecule has 0 saturated heterocycles. The maximum atomic E-state index is 12.5. The highest BCUT2D eigenvalue weighted by Crippen LogP contribution is 2.19. The van der Waals surface area contributed by atoms with Gasteiger partial charge in [-0.25, -0.2) is 4.68 Å². The van der Waals surface area contributed by atoms with Gasteiger partial charge in [-0.2, -0.15) is 0 Å². The number of hydrogen-bond acceptors (Lipinski definition) is 3. The van der Waals surface area contributed by atoms with Crippen molar-refractivity contribution >= 4 is 21.8 Å². The van der Waals surface area contributed by atoms with E-state index < -0.39 is 0 Å². The first-order chi connectivity index (χ1) is 11.1. The first kappa shape index (κ1) is 16.2. The number of nitrogens with zero attached hydrogens (tertiary/aromatic N) is 3. The third-order valence-electron chi connectivity index (χ3n) is 4.37. The average molecular weight is 377 g/mol. The molecule has 0 aliphatic heterocycles. The third kappa shape index (κ3) is 3.80. The van der Waals surface area contributed by atoms with E-state index in [0.29, 0.717) is 5.69 Å². The van der Waals surface area contributed by atoms with Gasteiger partial charge in [0.25, 0.3) is 5.91 Å². The Bertz CT molecular complexity index is 672. The Morgan fingerprint density at radius 2 is 1.83 bits per heavy atom. The van der Waals surface area contributed by atoms with Gasteiger partial charge in [-0.1, -0.05) is 46.8 Å². The molecule has 1 aliphatic carbocycles. The molecule has 5 nitrogen and oxygen atoms in total. The van der Waals surface area contributed by atoms with Crippen LogP contribution in [-0.2, 0) is 0 Å². The number of aromatic nitrogens is 3. The molecular formula is C17H21BrN4O. The molecule has 1 N–H and O–H groups in total. The minimum Gasteiger partial charge on any atom is -0.348 e. The van der Waals surface area contributed by atoms with E-state index in [1.54, 1.807) is 4.68 Å². The van der Waals surface area contributed by atoms with Gasteiger partial charge >= 0.3 is 0 Å². The molecule has 0 unspecified atom stereocenters. The van der Waals surface area contributed by atoms with Crippen LogP contribution in [0.2, 0.25) is 0 Å². The topological polar surface area (TPSA) is 59.8 Å². The van der Waals surface area contributed by atoms with Crippen LogP contribution in [-0.4, -0.2) is 26.9 Å². The number of rotatable bonds is 3. The highest BCUT2D eigenvalue weighted by atomic mass is 79.9. The van der Waals surface area contributed by atoms with Crippen molar-refractivity contribution in [3.8, 4) is 5.69 Å². The fourth-order valence-electron chi connectivity index (χ4n) is 3.04. The summed E-state index contributed by atoms with van der Waals surface area (Å²) in [4.78, 5) is 12.5. The lowest BCUT2D eigenvalue weighted by Crippen LogP contribution is -2.35. The lowest BCUT2D eigenvalue weighted by atomic mass is 10.1. The van der Waals surface area contributed by atoms with Crippen LogP contribution in [0, 0.1) is 6.92 Å². The van der Waals surface area contributed by atoms with Gasteiger partial charge in [0.15, 0.2) is 5.69 Å². The van der Waals surface area contributed by atoms with E-state index in [1.807, 2.05) is 31.2 Å². The Kier molecular flexibility index (Phi) is 5.10. The van der Waals surface area contributed by atoms with Gasteiger partial charge in [-0.3, -0.25) is 4.79 Å². The minimum atomic E-state index is -0.113. The van der Waals surface area contributed by atoms with Gasteiger partial charge in [-0.05, 0) is 44.0 Å². The largest absolute Gasteiger partial charge is 0.348 e. The summed E-state index contributed by atoms with van der Waals surface area (Å²) >= 11 is 3.42. The third-order valence-corrected chi connectivity index (χ3v) is 4.90. The van der Waals surface area contributed by atoms with E-state index in [1.165, 1.54) is 25.7 Å². The Morgan fingerprint density at radius 1 is 1.17 bits per heavy atom. The lowest BCUT2D eigenvalue weighted by Gasteiger charge is -2.15. The number of halogens is 1. The molecule has 1 aromatic heterocycles. The zero-order chi connectivity index (χ0) is 16.2. The number of benzene rings is 1. The van der Waals surface area contributed by atoms with E-state index in [4.69, 9.17) is 0 Å². The summed E-state index contributed by atoms with van der Waals surface area (Å²) in [7, 11) is 0. The van der Waals surface area contributed by atoms with E-state index in [-0.39, 0.29) is 11.9 Å². The number of nitrogens with one attached hydrogen (secondary N) is 1. The van der Waals surface area contributed by atoms with Crippen molar-refractivity contribution in [3.05, 3.63) is 40.1 Å². The van der Waals surface area contributed by atoms with Crippen molar-refractivity contribution in [2.24, 2.45) is 0 Å². The molecule has 1 fully saturated rings. The number of amides is 1. The van der Waals surface area contributed by atoms with E-state index in [9.17, 15) is 4.79 Å². The Hall–Kier alpha value is -1.69. The molecular weight excluding hydrogens is 356 g/mol. The number of carbonyl (C=O) groups excluding carboxylic acids is 1. The highest BCUT2D eigenvalue weighted by molar-refractivity contribution is 9.10. The van der Waals surface area contributed by atoms with Gasteiger partial charge in [0, 0.05) is 10.5 Å². The lowest BCUT2D eigenvalue weighted by molar-refractivity contribution is 0.0927. The van der Waals surface area contributed by atoms with E-state index >= 15 is 0 Å². The summed E-state index contributed by atoms with van der Waals surface area (Å²) in [5, 5.41) is 11.4. The summed E-state index contributed by atoms with van der Waals surface area (Å²) in [6, 6.07) is 8.04. The smallest absolute Gasteiger partial charge is 0.273 e. The fraction of sp³-hybridized carbons (Fsp3) is 0.471. The van der Waals surface area contributed by atoms with Crippen LogP contribution >= 0.6 is 15.9 Å². The Balaban J connectivity index is 1.75. The molecule has 0 spiro atoms. The summed E-state index contributed by atoms with van der Waals surface area (Å²) in [5.74, 6) is -0.113. The Morgan fingerprint density at radius 3 is 2.48 bits per heavy atom. The number of carbonyl (C=O) groups is 1. The van der Waals surface area contributed by atoms with E-state index in [2.05, 4.69) is 31.6 Å². The zero-order valence-corrected chi connectivity index (χ0v) is 14.8. The van der Waals surface area contributed by atoms with Gasteiger partial charge in [0.2, 0.25) is 0 Å². The normalized spacial score (nSPS) is 16.1. The van der Waals surface area contributed by atoms with Crippen LogP contribution in [0.4, 0.5) is 0 Å². The van der Waals surface area contributed by atoms with Crippen LogP contribution in [0.1, 0.15) is 54.7 Å². The molecule has 6 heteroatoms. The minimum absolute atomic E-state index is 0.113. The second kappa shape index (κ2) is 7.25. The van der Waals surface area contributed by atoms with Crippen molar-refractivity contribution in [3.63, 3.8) is 0 Å². The molecule has 23 heavy (non-hydrogen) atoms. The summed E-state index contributed by atoms with van der Waals surface area (Å²) in [6.07, 6.45) is 7.04. The first-order valence-corrected chi connectivity index (χ1v) is 8.93. The van der Waals surface area contributed by atoms with Crippen molar-refractivity contribution in [1.29, 1.82) is 0 Å². The van der Waals surface area contributed by atoms with Crippen LogP contribution < -0.4 is 5.32 Å². The molecule has 0 radical (unpaired) electrons. The molecule has 1 heterocycles. The van der Waals surface area contributed by atoms with Gasteiger partial charge < -0.3 is 5.32 Å². The van der Waals surface area contributed by atoms with Gasteiger partial charge in [0.1, 0.15) is 0 Å². The van der Waals surface area contributed by atoms with Gasteiger partial charge in [0.05, 0.1) is 11.4 Å². The van der Waals surface area contributed by atoms with Crippen molar-refractivity contribution < 1.29 is 4.79 Å². The fourth-order valence-corrected chi connectivity index (χ4v) is 3.31. The van der Waals surface area contributed by atoms with Crippen LogP contribution in [0.5, 0.6) is 0 Å². The Labute approximate surface area is 144 Å². The molecule has 1 amide bonds. The average Bonchev–Trinajstić information content (AvgIpc) is 2.75. The molecule has 1 aliphatic rings. The van der Waals surface area contributed by atoms with Crippen molar-refractivity contribution in [2.75, 3.05) is 0 Å². The SMILES string of the molecule is Cc1c(C(=O)NC2CCCCCC2)nnn1-c1ccc(Br)cc1. The molecule has 3 rings (SSSR count). The first-order valence-electron chi connectivity index (χ1n) is 8.14. The summed E-state index contributed by atoms with van der Waals surface area (Å²) in [6.45, 7) is 1.88. The molecule has 0 bridgehead atoms. The molecule has 1 saturated carbocycles. The molecule has 122 valence electrons. The standard InChI is InChI=1S/C17H21BrN4O/c1-12-16(17(23)19-14-6-4-2-3-5-7-14)20-21-22(12)15-10-8-13(18)9-11-15/h8-11,14H,2-7H2,1H3,(H,19,23). The molecule has 1 aromatic carbocycles. The second-order valence-corrected chi connectivity index (χ2v) is 6.99. The zero-order valence-electron chi connectivity index (χ0n) is 13.3. The quantitative estimate of drug-likeness (QED) is 0.828. The van der Waals surface area contributed by atoms with Crippen LogP contribution in [0.25, 0.3) is 5.69 Å². The van der Waals surface area contributed by atoms with Crippen LogP contribution in [0.3, 0.4) is 0 Å². The summed E-state index contributed by atoms with van der Waals surface area (Å²) < 4.78 is 2.71.